The zero-order chi connectivity index (χ0) is 23.7. The van der Waals surface area contributed by atoms with Crippen molar-refractivity contribution in [3.05, 3.63) is 92.6 Å². The molecule has 1 aliphatic carbocycles. The van der Waals surface area contributed by atoms with Crippen LogP contribution in [0.2, 0.25) is 0 Å². The van der Waals surface area contributed by atoms with E-state index in [1.54, 1.807) is 23.1 Å². The normalized spacial score (nSPS) is 16.0. The maximum Gasteiger partial charge on any atom is 0.263 e. The lowest BCUT2D eigenvalue weighted by Crippen LogP contribution is -2.27. The Morgan fingerprint density at radius 2 is 1.71 bits per heavy atom. The average Bonchev–Trinajstić information content (AvgIpc) is 3.20. The molecular weight excluding hydrogens is 456 g/mol. The van der Waals surface area contributed by atoms with Gasteiger partial charge in [0.1, 0.15) is 4.83 Å². The van der Waals surface area contributed by atoms with E-state index in [1.165, 1.54) is 16.0 Å². The Morgan fingerprint density at radius 3 is 2.38 bits per heavy atom. The molecule has 3 nitrogen and oxygen atoms in total. The number of benzene rings is 2. The maximum atomic E-state index is 13.9. The Bertz CT molecular complexity index is 1330. The van der Waals surface area contributed by atoms with Crippen molar-refractivity contribution in [3.8, 4) is 0 Å². The van der Waals surface area contributed by atoms with Crippen LogP contribution in [0.4, 0.5) is 0 Å². The first kappa shape index (κ1) is 23.4. The average molecular weight is 489 g/mol. The van der Waals surface area contributed by atoms with Crippen molar-refractivity contribution in [2.24, 2.45) is 11.3 Å². The van der Waals surface area contributed by atoms with Gasteiger partial charge in [0.15, 0.2) is 5.16 Å². The second-order valence-electron chi connectivity index (χ2n) is 10.3. The van der Waals surface area contributed by atoms with Crippen LogP contribution in [0.15, 0.2) is 70.6 Å². The van der Waals surface area contributed by atoms with E-state index in [1.807, 2.05) is 28.8 Å². The van der Waals surface area contributed by atoms with Crippen molar-refractivity contribution < 1.29 is 0 Å². The predicted octanol–water partition coefficient (Wildman–Crippen LogP) is 6.99. The van der Waals surface area contributed by atoms with Gasteiger partial charge in [-0.1, -0.05) is 93.2 Å². The quantitative estimate of drug-likeness (QED) is 0.217. The molecule has 1 atom stereocenters. The smallest absolute Gasteiger partial charge is 0.263 e. The van der Waals surface area contributed by atoms with Crippen molar-refractivity contribution in [1.82, 2.24) is 9.55 Å². The van der Waals surface area contributed by atoms with E-state index >= 15 is 0 Å². The molecule has 0 aliphatic heterocycles. The van der Waals surface area contributed by atoms with Crippen molar-refractivity contribution in [3.63, 3.8) is 0 Å². The van der Waals surface area contributed by atoms with E-state index in [4.69, 9.17) is 4.98 Å². The monoisotopic (exact) mass is 488 g/mol. The minimum Gasteiger partial charge on any atom is -0.283 e. The van der Waals surface area contributed by atoms with Crippen molar-refractivity contribution >= 4 is 33.3 Å². The molecule has 0 saturated heterocycles. The van der Waals surface area contributed by atoms with Crippen LogP contribution < -0.4 is 5.56 Å². The topological polar surface area (TPSA) is 34.9 Å². The van der Waals surface area contributed by atoms with Gasteiger partial charge in [0.25, 0.3) is 5.56 Å². The number of hydrogen-bond donors (Lipinski definition) is 0. The van der Waals surface area contributed by atoms with Crippen LogP contribution in [0.5, 0.6) is 0 Å². The number of thiophene rings is 1. The fourth-order valence-corrected chi connectivity index (χ4v) is 7.23. The van der Waals surface area contributed by atoms with E-state index in [0.29, 0.717) is 12.5 Å². The van der Waals surface area contributed by atoms with Gasteiger partial charge in [0, 0.05) is 10.6 Å². The molecule has 0 fully saturated rings. The minimum absolute atomic E-state index is 0.128. The van der Waals surface area contributed by atoms with Gasteiger partial charge in [-0.3, -0.25) is 9.36 Å². The van der Waals surface area contributed by atoms with E-state index in [2.05, 4.69) is 57.2 Å². The molecular formula is C29H32N2OS2. The van der Waals surface area contributed by atoms with Gasteiger partial charge in [-0.25, -0.2) is 4.98 Å². The summed E-state index contributed by atoms with van der Waals surface area (Å²) in [6.45, 7) is 7.57. The van der Waals surface area contributed by atoms with Gasteiger partial charge in [0.2, 0.25) is 0 Å². The molecule has 1 unspecified atom stereocenters. The summed E-state index contributed by atoms with van der Waals surface area (Å²) in [4.78, 5) is 21.3. The number of aromatic nitrogens is 2. The van der Waals surface area contributed by atoms with Crippen LogP contribution in [-0.4, -0.2) is 15.3 Å². The summed E-state index contributed by atoms with van der Waals surface area (Å²) in [5.41, 5.74) is 4.12. The fourth-order valence-electron chi connectivity index (χ4n) is 4.90. The Morgan fingerprint density at radius 1 is 1.03 bits per heavy atom. The van der Waals surface area contributed by atoms with E-state index in [-0.39, 0.29) is 11.0 Å². The first-order chi connectivity index (χ1) is 16.4. The second kappa shape index (κ2) is 9.71. The largest absolute Gasteiger partial charge is 0.283 e. The molecule has 5 rings (SSSR count). The fraction of sp³-hybridized carbons (Fsp3) is 0.379. The van der Waals surface area contributed by atoms with Crippen LogP contribution in [0, 0.1) is 11.3 Å². The third-order valence-corrected chi connectivity index (χ3v) is 9.13. The summed E-state index contributed by atoms with van der Waals surface area (Å²) in [6, 6.07) is 20.8. The number of fused-ring (bicyclic) bond motifs is 3. The SMILES string of the molecule is CC(C)(C)C1CCc2c(sc3nc(SCCc4ccccc4)n(Cc4ccccc4)c(=O)c23)C1. The third kappa shape index (κ3) is 4.87. The molecule has 2 aromatic heterocycles. The predicted molar refractivity (Wildman–Crippen MR) is 145 cm³/mol. The molecule has 2 heterocycles. The molecule has 34 heavy (non-hydrogen) atoms. The summed E-state index contributed by atoms with van der Waals surface area (Å²) in [5, 5.41) is 1.71. The molecule has 0 spiro atoms. The molecule has 0 bridgehead atoms. The highest BCUT2D eigenvalue weighted by molar-refractivity contribution is 7.99. The van der Waals surface area contributed by atoms with Crippen molar-refractivity contribution in [1.29, 1.82) is 0 Å². The van der Waals surface area contributed by atoms with Gasteiger partial charge in [-0.05, 0) is 53.7 Å². The van der Waals surface area contributed by atoms with Crippen LogP contribution in [0.3, 0.4) is 0 Å². The minimum atomic E-state index is 0.128. The zero-order valence-electron chi connectivity index (χ0n) is 20.2. The molecule has 176 valence electrons. The molecule has 4 aromatic rings. The molecule has 1 aliphatic rings. The van der Waals surface area contributed by atoms with Crippen LogP contribution in [-0.2, 0) is 25.8 Å². The van der Waals surface area contributed by atoms with Gasteiger partial charge < -0.3 is 0 Å². The lowest BCUT2D eigenvalue weighted by Gasteiger charge is -2.33. The van der Waals surface area contributed by atoms with Gasteiger partial charge >= 0.3 is 0 Å². The molecule has 0 radical (unpaired) electrons. The van der Waals surface area contributed by atoms with E-state index in [9.17, 15) is 4.79 Å². The number of thioether (sulfide) groups is 1. The van der Waals surface area contributed by atoms with Gasteiger partial charge in [0.05, 0.1) is 11.9 Å². The standard InChI is InChI=1S/C29H32N2OS2/c1-29(2,3)22-14-15-23-24(18-22)34-26-25(23)27(32)31(19-21-12-8-5-9-13-21)28(30-26)33-17-16-20-10-6-4-7-11-20/h4-13,22H,14-19H2,1-3H3. The van der Waals surface area contributed by atoms with E-state index in [0.717, 1.165) is 52.4 Å². The molecule has 0 saturated carbocycles. The highest BCUT2D eigenvalue weighted by atomic mass is 32.2. The lowest BCUT2D eigenvalue weighted by atomic mass is 9.72. The Labute approximate surface area is 210 Å². The number of nitrogens with zero attached hydrogens (tertiary/aromatic N) is 2. The van der Waals surface area contributed by atoms with Crippen molar-refractivity contribution in [2.75, 3.05) is 5.75 Å². The maximum absolute atomic E-state index is 13.9. The summed E-state index contributed by atoms with van der Waals surface area (Å²) in [5.74, 6) is 1.55. The first-order valence-electron chi connectivity index (χ1n) is 12.2. The Balaban J connectivity index is 1.52. The molecule has 0 N–H and O–H groups in total. The van der Waals surface area contributed by atoms with Gasteiger partial charge in [-0.15, -0.1) is 11.3 Å². The third-order valence-electron chi connectivity index (χ3n) is 7.01. The highest BCUT2D eigenvalue weighted by Crippen LogP contribution is 2.42. The van der Waals surface area contributed by atoms with Crippen LogP contribution in [0.25, 0.3) is 10.2 Å². The van der Waals surface area contributed by atoms with Crippen molar-refractivity contribution in [2.45, 2.75) is 58.2 Å². The molecule has 5 heteroatoms. The summed E-state index contributed by atoms with van der Waals surface area (Å²) >= 11 is 3.45. The summed E-state index contributed by atoms with van der Waals surface area (Å²) in [7, 11) is 0. The number of rotatable bonds is 6. The lowest BCUT2D eigenvalue weighted by molar-refractivity contribution is 0.218. The summed E-state index contributed by atoms with van der Waals surface area (Å²) in [6.07, 6.45) is 4.15. The second-order valence-corrected chi connectivity index (χ2v) is 12.5. The summed E-state index contributed by atoms with van der Waals surface area (Å²) < 4.78 is 1.91. The van der Waals surface area contributed by atoms with E-state index < -0.39 is 0 Å². The van der Waals surface area contributed by atoms with Crippen LogP contribution >= 0.6 is 23.1 Å². The first-order valence-corrected chi connectivity index (χ1v) is 14.0. The Kier molecular flexibility index (Phi) is 6.67. The molecule has 2 aromatic carbocycles. The Hall–Kier alpha value is -2.37. The van der Waals surface area contributed by atoms with Crippen LogP contribution in [0.1, 0.15) is 48.8 Å². The highest BCUT2D eigenvalue weighted by Gasteiger charge is 2.32. The molecule has 0 amide bonds. The number of aryl methyl sites for hydroxylation is 2. The van der Waals surface area contributed by atoms with Gasteiger partial charge in [-0.2, -0.15) is 0 Å². The number of hydrogen-bond acceptors (Lipinski definition) is 4. The zero-order valence-corrected chi connectivity index (χ0v) is 21.8.